The summed E-state index contributed by atoms with van der Waals surface area (Å²) in [5, 5.41) is 7.37. The lowest BCUT2D eigenvalue weighted by atomic mass is 9.92. The molecule has 2 unspecified atom stereocenters. The molecule has 5 heteroatoms. The van der Waals surface area contributed by atoms with Crippen LogP contribution in [0.3, 0.4) is 0 Å². The number of aromatic nitrogens is 1. The quantitative estimate of drug-likeness (QED) is 0.873. The van der Waals surface area contributed by atoms with Crippen molar-refractivity contribution in [3.63, 3.8) is 0 Å². The summed E-state index contributed by atoms with van der Waals surface area (Å²) in [4.78, 5) is 17.6. The highest BCUT2D eigenvalue weighted by Crippen LogP contribution is 2.17. The summed E-state index contributed by atoms with van der Waals surface area (Å²) in [6.45, 7) is 5.76. The van der Waals surface area contributed by atoms with Crippen LogP contribution in [-0.4, -0.2) is 23.5 Å². The third-order valence-electron chi connectivity index (χ3n) is 3.36. The maximum absolute atomic E-state index is 12.0. The van der Waals surface area contributed by atoms with E-state index in [1.165, 1.54) is 4.88 Å². The van der Waals surface area contributed by atoms with Crippen LogP contribution in [0.4, 0.5) is 0 Å². The van der Waals surface area contributed by atoms with Gasteiger partial charge in [0.1, 0.15) is 5.01 Å². The number of nitrogens with one attached hydrogen (secondary N) is 2. The van der Waals surface area contributed by atoms with Crippen LogP contribution in [0.25, 0.3) is 0 Å². The average molecular weight is 267 g/mol. The van der Waals surface area contributed by atoms with E-state index in [1.807, 2.05) is 6.20 Å². The summed E-state index contributed by atoms with van der Waals surface area (Å²) in [6, 6.07) is 0.445. The summed E-state index contributed by atoms with van der Waals surface area (Å²) < 4.78 is 0. The van der Waals surface area contributed by atoms with Gasteiger partial charge in [0, 0.05) is 23.0 Å². The van der Waals surface area contributed by atoms with Crippen LogP contribution in [0.5, 0.6) is 0 Å². The zero-order valence-corrected chi connectivity index (χ0v) is 11.8. The van der Waals surface area contributed by atoms with E-state index in [1.54, 1.807) is 11.3 Å². The van der Waals surface area contributed by atoms with Gasteiger partial charge in [0.05, 0.1) is 6.54 Å². The number of rotatable bonds is 4. The molecule has 2 rings (SSSR count). The van der Waals surface area contributed by atoms with Crippen molar-refractivity contribution in [1.29, 1.82) is 0 Å². The largest absolute Gasteiger partial charge is 0.349 e. The number of aryl methyl sites for hydroxylation is 1. The van der Waals surface area contributed by atoms with E-state index in [9.17, 15) is 4.79 Å². The van der Waals surface area contributed by atoms with Crippen molar-refractivity contribution in [2.45, 2.75) is 45.7 Å². The molecule has 1 aliphatic rings. The lowest BCUT2D eigenvalue weighted by molar-refractivity contribution is -0.126. The van der Waals surface area contributed by atoms with Gasteiger partial charge in [0.25, 0.3) is 0 Å². The van der Waals surface area contributed by atoms with Crippen molar-refractivity contribution in [2.75, 3.05) is 6.54 Å². The van der Waals surface area contributed by atoms with E-state index in [2.05, 4.69) is 29.5 Å². The molecule has 0 spiro atoms. The molecular weight excluding hydrogens is 246 g/mol. The first-order chi connectivity index (χ1) is 8.69. The molecule has 0 aliphatic carbocycles. The number of carbonyl (C=O) groups excluding carboxylic acids is 1. The number of hydrogen-bond acceptors (Lipinski definition) is 4. The molecule has 2 atom stereocenters. The lowest BCUT2D eigenvalue weighted by Gasteiger charge is -2.26. The molecule has 0 radical (unpaired) electrons. The molecule has 100 valence electrons. The SMILES string of the molecule is CCc1cnc(CNC(=O)C2CCNC(C)C2)s1. The average Bonchev–Trinajstić information content (AvgIpc) is 2.84. The Morgan fingerprint density at radius 1 is 1.67 bits per heavy atom. The first kappa shape index (κ1) is 13.5. The van der Waals surface area contributed by atoms with Gasteiger partial charge < -0.3 is 10.6 Å². The van der Waals surface area contributed by atoms with Gasteiger partial charge in [0.15, 0.2) is 0 Å². The minimum atomic E-state index is 0.159. The third-order valence-corrected chi connectivity index (χ3v) is 4.50. The molecule has 4 nitrogen and oxygen atoms in total. The zero-order valence-electron chi connectivity index (χ0n) is 11.0. The first-order valence-corrected chi connectivity index (χ1v) is 7.45. The summed E-state index contributed by atoms with van der Waals surface area (Å²) >= 11 is 1.68. The highest BCUT2D eigenvalue weighted by atomic mass is 32.1. The van der Waals surface area contributed by atoms with Gasteiger partial charge in [-0.05, 0) is 32.7 Å². The van der Waals surface area contributed by atoms with Crippen LogP contribution in [-0.2, 0) is 17.8 Å². The number of thiazole rings is 1. The van der Waals surface area contributed by atoms with Crippen molar-refractivity contribution >= 4 is 17.2 Å². The Hall–Kier alpha value is -0.940. The molecule has 1 aromatic heterocycles. The van der Waals surface area contributed by atoms with Crippen LogP contribution in [0.1, 0.15) is 36.6 Å². The van der Waals surface area contributed by atoms with Gasteiger partial charge in [-0.1, -0.05) is 6.92 Å². The maximum Gasteiger partial charge on any atom is 0.223 e. The minimum Gasteiger partial charge on any atom is -0.349 e. The van der Waals surface area contributed by atoms with Gasteiger partial charge in [0.2, 0.25) is 5.91 Å². The predicted octanol–water partition coefficient (Wildman–Crippen LogP) is 1.71. The molecule has 0 aromatic carbocycles. The summed E-state index contributed by atoms with van der Waals surface area (Å²) in [5.74, 6) is 0.337. The summed E-state index contributed by atoms with van der Waals surface area (Å²) in [7, 11) is 0. The Balaban J connectivity index is 1.80. The van der Waals surface area contributed by atoms with Crippen LogP contribution >= 0.6 is 11.3 Å². The number of carbonyl (C=O) groups is 1. The highest BCUT2D eigenvalue weighted by Gasteiger charge is 2.24. The smallest absolute Gasteiger partial charge is 0.223 e. The molecule has 1 saturated heterocycles. The van der Waals surface area contributed by atoms with Gasteiger partial charge in [-0.25, -0.2) is 4.98 Å². The Morgan fingerprint density at radius 2 is 2.50 bits per heavy atom. The van der Waals surface area contributed by atoms with Gasteiger partial charge >= 0.3 is 0 Å². The van der Waals surface area contributed by atoms with E-state index in [0.29, 0.717) is 12.6 Å². The number of amides is 1. The second-order valence-corrected chi connectivity index (χ2v) is 6.07. The van der Waals surface area contributed by atoms with E-state index >= 15 is 0 Å². The Labute approximate surface area is 112 Å². The number of nitrogens with zero attached hydrogens (tertiary/aromatic N) is 1. The fourth-order valence-corrected chi connectivity index (χ4v) is 3.07. The normalized spacial score (nSPS) is 23.9. The molecule has 1 amide bonds. The minimum absolute atomic E-state index is 0.159. The molecule has 2 N–H and O–H groups in total. The van der Waals surface area contributed by atoms with Gasteiger partial charge in [-0.3, -0.25) is 4.79 Å². The molecule has 1 fully saturated rings. The van der Waals surface area contributed by atoms with Crippen LogP contribution < -0.4 is 10.6 Å². The van der Waals surface area contributed by atoms with Crippen LogP contribution in [0.2, 0.25) is 0 Å². The van der Waals surface area contributed by atoms with Crippen LogP contribution in [0, 0.1) is 5.92 Å². The van der Waals surface area contributed by atoms with E-state index in [0.717, 1.165) is 30.8 Å². The van der Waals surface area contributed by atoms with Crippen LogP contribution in [0.15, 0.2) is 6.20 Å². The van der Waals surface area contributed by atoms with Crippen molar-refractivity contribution in [1.82, 2.24) is 15.6 Å². The first-order valence-electron chi connectivity index (χ1n) is 6.63. The Bertz CT molecular complexity index is 405. The second kappa shape index (κ2) is 6.29. The standard InChI is InChI=1S/C13H21N3OS/c1-3-11-7-15-12(18-11)8-16-13(17)10-4-5-14-9(2)6-10/h7,9-10,14H,3-6,8H2,1-2H3,(H,16,17). The molecule has 1 aromatic rings. The Morgan fingerprint density at radius 3 is 3.17 bits per heavy atom. The molecule has 18 heavy (non-hydrogen) atoms. The van der Waals surface area contributed by atoms with Gasteiger partial charge in [-0.2, -0.15) is 0 Å². The highest BCUT2D eigenvalue weighted by molar-refractivity contribution is 7.11. The van der Waals surface area contributed by atoms with Crippen molar-refractivity contribution < 1.29 is 4.79 Å². The van der Waals surface area contributed by atoms with Crippen molar-refractivity contribution in [3.8, 4) is 0 Å². The zero-order chi connectivity index (χ0) is 13.0. The number of hydrogen-bond donors (Lipinski definition) is 2. The fraction of sp³-hybridized carbons (Fsp3) is 0.692. The molecular formula is C13H21N3OS. The third kappa shape index (κ3) is 3.53. The van der Waals surface area contributed by atoms with Crippen molar-refractivity contribution in [2.24, 2.45) is 5.92 Å². The van der Waals surface area contributed by atoms with E-state index in [-0.39, 0.29) is 11.8 Å². The number of piperidine rings is 1. The predicted molar refractivity (Wildman–Crippen MR) is 73.5 cm³/mol. The maximum atomic E-state index is 12.0. The lowest BCUT2D eigenvalue weighted by Crippen LogP contribution is -2.42. The fourth-order valence-electron chi connectivity index (χ4n) is 2.27. The van der Waals surface area contributed by atoms with E-state index < -0.39 is 0 Å². The van der Waals surface area contributed by atoms with Crippen molar-refractivity contribution in [3.05, 3.63) is 16.1 Å². The summed E-state index contributed by atoms with van der Waals surface area (Å²) in [5.41, 5.74) is 0. The second-order valence-electron chi connectivity index (χ2n) is 4.87. The van der Waals surface area contributed by atoms with Gasteiger partial charge in [-0.15, -0.1) is 11.3 Å². The van der Waals surface area contributed by atoms with E-state index in [4.69, 9.17) is 0 Å². The molecule has 0 saturated carbocycles. The Kier molecular flexibility index (Phi) is 4.72. The molecule has 1 aliphatic heterocycles. The monoisotopic (exact) mass is 267 g/mol. The molecule has 2 heterocycles. The topological polar surface area (TPSA) is 54.0 Å². The molecule has 0 bridgehead atoms. The summed E-state index contributed by atoms with van der Waals surface area (Å²) in [6.07, 6.45) is 4.79.